The van der Waals surface area contributed by atoms with Gasteiger partial charge in [-0.25, -0.2) is 0 Å². The predicted molar refractivity (Wildman–Crippen MR) is 82.0 cm³/mol. The highest BCUT2D eigenvalue weighted by Crippen LogP contribution is 2.43. The molecular weight excluding hydrogens is 274 g/mol. The average molecular weight is 301 g/mol. The van der Waals surface area contributed by atoms with Gasteiger partial charge in [-0.05, 0) is 45.4 Å². The molecule has 1 heterocycles. The van der Waals surface area contributed by atoms with Crippen LogP contribution in [-0.4, -0.2) is 48.9 Å². The first-order valence-corrected chi connectivity index (χ1v) is 8.69. The minimum atomic E-state index is -0.494. The molecule has 2 rings (SSSR count). The zero-order valence-electron chi connectivity index (χ0n) is 12.8. The van der Waals surface area contributed by atoms with Crippen molar-refractivity contribution in [3.05, 3.63) is 0 Å². The van der Waals surface area contributed by atoms with Gasteiger partial charge in [0.1, 0.15) is 5.54 Å². The summed E-state index contributed by atoms with van der Waals surface area (Å²) in [6.45, 7) is 5.90. The summed E-state index contributed by atoms with van der Waals surface area (Å²) in [7, 11) is 1.50. The second-order valence-corrected chi connectivity index (χ2v) is 7.45. The molecule has 0 spiro atoms. The molecule has 5 heteroatoms. The Balaban J connectivity index is 2.02. The Hall–Kier alpha value is -0.260. The standard InChI is InChI=1S/C15H27NO3S/c1-11(2)16-15(12-4-5-12,14(17)18-3)10-20-13-6-8-19-9-7-13/h11-13,16H,4-10H2,1-3H3. The summed E-state index contributed by atoms with van der Waals surface area (Å²) >= 11 is 1.91. The van der Waals surface area contributed by atoms with Gasteiger partial charge >= 0.3 is 5.97 Å². The van der Waals surface area contributed by atoms with Crippen LogP contribution in [0.2, 0.25) is 0 Å². The summed E-state index contributed by atoms with van der Waals surface area (Å²) in [4.78, 5) is 12.4. The molecule has 0 amide bonds. The van der Waals surface area contributed by atoms with Gasteiger partial charge in [-0.15, -0.1) is 0 Å². The lowest BCUT2D eigenvalue weighted by Gasteiger charge is -2.35. The van der Waals surface area contributed by atoms with Gasteiger partial charge in [0.25, 0.3) is 0 Å². The first kappa shape index (κ1) is 16.1. The van der Waals surface area contributed by atoms with E-state index in [-0.39, 0.29) is 12.0 Å². The van der Waals surface area contributed by atoms with E-state index in [1.165, 1.54) is 7.11 Å². The molecule has 1 aliphatic carbocycles. The van der Waals surface area contributed by atoms with E-state index in [4.69, 9.17) is 9.47 Å². The molecule has 20 heavy (non-hydrogen) atoms. The Bertz CT molecular complexity index is 327. The molecule has 116 valence electrons. The van der Waals surface area contributed by atoms with Crippen molar-refractivity contribution >= 4 is 17.7 Å². The highest BCUT2D eigenvalue weighted by Gasteiger charge is 2.52. The zero-order chi connectivity index (χ0) is 14.6. The first-order valence-electron chi connectivity index (χ1n) is 7.64. The molecular formula is C15H27NO3S. The van der Waals surface area contributed by atoms with Crippen LogP contribution in [0.5, 0.6) is 0 Å². The van der Waals surface area contributed by atoms with E-state index in [1.807, 2.05) is 11.8 Å². The molecule has 1 saturated heterocycles. The van der Waals surface area contributed by atoms with Crippen molar-refractivity contribution in [2.75, 3.05) is 26.1 Å². The Morgan fingerprint density at radius 3 is 2.50 bits per heavy atom. The van der Waals surface area contributed by atoms with Gasteiger partial charge < -0.3 is 9.47 Å². The van der Waals surface area contributed by atoms with Crippen LogP contribution in [0.1, 0.15) is 39.5 Å². The second kappa shape index (κ2) is 7.14. The molecule has 2 fully saturated rings. The number of nitrogens with one attached hydrogen (secondary N) is 1. The third kappa shape index (κ3) is 3.89. The first-order chi connectivity index (χ1) is 9.58. The van der Waals surface area contributed by atoms with E-state index in [2.05, 4.69) is 19.2 Å². The summed E-state index contributed by atoms with van der Waals surface area (Å²) < 4.78 is 10.5. The predicted octanol–water partition coefficient (Wildman–Crippen LogP) is 2.22. The highest BCUT2D eigenvalue weighted by molar-refractivity contribution is 8.00. The van der Waals surface area contributed by atoms with Crippen molar-refractivity contribution < 1.29 is 14.3 Å². The van der Waals surface area contributed by atoms with Gasteiger partial charge in [-0.1, -0.05) is 0 Å². The van der Waals surface area contributed by atoms with Crippen molar-refractivity contribution in [2.45, 2.75) is 56.4 Å². The monoisotopic (exact) mass is 301 g/mol. The van der Waals surface area contributed by atoms with E-state index in [9.17, 15) is 4.79 Å². The largest absolute Gasteiger partial charge is 0.468 e. The fourth-order valence-electron chi connectivity index (χ4n) is 2.93. The number of hydrogen-bond acceptors (Lipinski definition) is 5. The van der Waals surface area contributed by atoms with Crippen LogP contribution in [0.25, 0.3) is 0 Å². The van der Waals surface area contributed by atoms with E-state index < -0.39 is 5.54 Å². The Morgan fingerprint density at radius 1 is 1.35 bits per heavy atom. The second-order valence-electron chi connectivity index (χ2n) is 6.16. The molecule has 0 bridgehead atoms. The van der Waals surface area contributed by atoms with Crippen LogP contribution in [0.15, 0.2) is 0 Å². The van der Waals surface area contributed by atoms with Crippen molar-refractivity contribution in [3.63, 3.8) is 0 Å². The van der Waals surface area contributed by atoms with Gasteiger partial charge in [-0.3, -0.25) is 10.1 Å². The van der Waals surface area contributed by atoms with Crippen LogP contribution in [-0.2, 0) is 14.3 Å². The normalized spacial score (nSPS) is 23.6. The SMILES string of the molecule is COC(=O)C(CSC1CCOCC1)(NC(C)C)C1CC1. The number of carbonyl (C=O) groups is 1. The van der Waals surface area contributed by atoms with Crippen LogP contribution >= 0.6 is 11.8 Å². The lowest BCUT2D eigenvalue weighted by Crippen LogP contribution is -2.59. The third-order valence-electron chi connectivity index (χ3n) is 4.09. The maximum absolute atomic E-state index is 12.4. The van der Waals surface area contributed by atoms with Crippen LogP contribution < -0.4 is 5.32 Å². The lowest BCUT2D eigenvalue weighted by molar-refractivity contribution is -0.149. The van der Waals surface area contributed by atoms with Crippen LogP contribution in [0.3, 0.4) is 0 Å². The fourth-order valence-corrected chi connectivity index (χ4v) is 4.39. The Kier molecular flexibility index (Phi) is 5.75. The van der Waals surface area contributed by atoms with Crippen molar-refractivity contribution in [1.82, 2.24) is 5.32 Å². The Labute approximate surface area is 126 Å². The van der Waals surface area contributed by atoms with Gasteiger partial charge in [0.2, 0.25) is 0 Å². The fraction of sp³-hybridized carbons (Fsp3) is 0.933. The molecule has 1 saturated carbocycles. The van der Waals surface area contributed by atoms with Gasteiger partial charge in [0.05, 0.1) is 7.11 Å². The van der Waals surface area contributed by atoms with Crippen LogP contribution in [0.4, 0.5) is 0 Å². The van der Waals surface area contributed by atoms with Crippen molar-refractivity contribution in [3.8, 4) is 0 Å². The molecule has 1 aliphatic heterocycles. The molecule has 2 aliphatic rings. The van der Waals surface area contributed by atoms with E-state index in [0.29, 0.717) is 11.2 Å². The van der Waals surface area contributed by atoms with Crippen LogP contribution in [0, 0.1) is 5.92 Å². The molecule has 0 aromatic rings. The van der Waals surface area contributed by atoms with E-state index in [0.717, 1.165) is 44.6 Å². The molecule has 0 aromatic carbocycles. The number of ether oxygens (including phenoxy) is 2. The molecule has 1 unspecified atom stereocenters. The summed E-state index contributed by atoms with van der Waals surface area (Å²) in [5.74, 6) is 1.16. The van der Waals surface area contributed by atoms with Gasteiger partial charge in [0, 0.05) is 30.3 Å². The molecule has 4 nitrogen and oxygen atoms in total. The molecule has 0 radical (unpaired) electrons. The molecule has 0 aromatic heterocycles. The van der Waals surface area contributed by atoms with E-state index in [1.54, 1.807) is 0 Å². The number of hydrogen-bond donors (Lipinski definition) is 1. The maximum atomic E-state index is 12.4. The smallest absolute Gasteiger partial charge is 0.327 e. The van der Waals surface area contributed by atoms with E-state index >= 15 is 0 Å². The average Bonchev–Trinajstić information content (AvgIpc) is 3.28. The third-order valence-corrected chi connectivity index (χ3v) is 5.65. The number of esters is 1. The van der Waals surface area contributed by atoms with Gasteiger partial charge in [-0.2, -0.15) is 11.8 Å². The topological polar surface area (TPSA) is 47.6 Å². The van der Waals surface area contributed by atoms with Gasteiger partial charge in [0.15, 0.2) is 0 Å². The maximum Gasteiger partial charge on any atom is 0.327 e. The molecule has 1 N–H and O–H groups in total. The summed E-state index contributed by atoms with van der Waals surface area (Å²) in [6, 6.07) is 0.282. The quantitative estimate of drug-likeness (QED) is 0.731. The Morgan fingerprint density at radius 2 is 2.00 bits per heavy atom. The number of thioether (sulfide) groups is 1. The zero-order valence-corrected chi connectivity index (χ0v) is 13.6. The van der Waals surface area contributed by atoms with Crippen molar-refractivity contribution in [2.24, 2.45) is 5.92 Å². The lowest BCUT2D eigenvalue weighted by atomic mass is 9.94. The number of rotatable bonds is 7. The highest BCUT2D eigenvalue weighted by atomic mass is 32.2. The summed E-state index contributed by atoms with van der Waals surface area (Å²) in [5, 5.41) is 4.13. The van der Waals surface area contributed by atoms with Crippen molar-refractivity contribution in [1.29, 1.82) is 0 Å². The summed E-state index contributed by atoms with van der Waals surface area (Å²) in [5.41, 5.74) is -0.494. The number of methoxy groups -OCH3 is 1. The summed E-state index contributed by atoms with van der Waals surface area (Å²) in [6.07, 6.45) is 4.44. The minimum Gasteiger partial charge on any atom is -0.468 e. The number of carbonyl (C=O) groups excluding carboxylic acids is 1. The molecule has 1 atom stereocenters. The minimum absolute atomic E-state index is 0.0896.